The monoisotopic (exact) mass is 473 g/mol. The number of para-hydroxylation sites is 2. The molecular formula is C29H32FN3O2. The highest BCUT2D eigenvalue weighted by Crippen LogP contribution is 2.31. The third kappa shape index (κ3) is 5.17. The van der Waals surface area contributed by atoms with Gasteiger partial charge in [-0.2, -0.15) is 0 Å². The highest BCUT2D eigenvalue weighted by molar-refractivity contribution is 6.07. The summed E-state index contributed by atoms with van der Waals surface area (Å²) in [5.41, 5.74) is 4.68. The number of halogens is 1. The fourth-order valence-electron chi connectivity index (χ4n) is 5.02. The Bertz CT molecular complexity index is 1200. The summed E-state index contributed by atoms with van der Waals surface area (Å²) < 4.78 is 19.6. The highest BCUT2D eigenvalue weighted by atomic mass is 19.1. The van der Waals surface area contributed by atoms with E-state index in [-0.39, 0.29) is 17.8 Å². The zero-order valence-electron chi connectivity index (χ0n) is 20.4. The molecule has 6 heteroatoms. The van der Waals surface area contributed by atoms with Crippen LogP contribution in [0, 0.1) is 5.82 Å². The van der Waals surface area contributed by atoms with Gasteiger partial charge in [-0.1, -0.05) is 24.3 Å². The van der Waals surface area contributed by atoms with E-state index in [0.717, 1.165) is 61.0 Å². The van der Waals surface area contributed by atoms with Crippen molar-refractivity contribution in [2.24, 2.45) is 0 Å². The first-order valence-electron chi connectivity index (χ1n) is 12.4. The van der Waals surface area contributed by atoms with Gasteiger partial charge in [-0.25, -0.2) is 4.39 Å². The van der Waals surface area contributed by atoms with Gasteiger partial charge in [-0.05, 0) is 73.9 Å². The molecule has 2 aliphatic heterocycles. The predicted octanol–water partition coefficient (Wildman–Crippen LogP) is 5.14. The Labute approximate surface area is 206 Å². The number of benzene rings is 3. The zero-order valence-corrected chi connectivity index (χ0v) is 20.4. The second-order valence-corrected chi connectivity index (χ2v) is 9.58. The lowest BCUT2D eigenvalue weighted by molar-refractivity contribution is 0.0989. The average molecular weight is 474 g/mol. The topological polar surface area (TPSA) is 36.0 Å². The van der Waals surface area contributed by atoms with Crippen LogP contribution in [0.2, 0.25) is 0 Å². The lowest BCUT2D eigenvalue weighted by atomic mass is 10.1. The van der Waals surface area contributed by atoms with Gasteiger partial charge in [0.25, 0.3) is 5.91 Å². The Balaban J connectivity index is 1.22. The number of nitrogens with zero attached hydrogens (tertiary/aromatic N) is 3. The van der Waals surface area contributed by atoms with Crippen LogP contribution in [0.25, 0.3) is 0 Å². The fraction of sp³-hybridized carbons (Fsp3) is 0.345. The lowest BCUT2D eigenvalue weighted by Gasteiger charge is -2.37. The van der Waals surface area contributed by atoms with Crippen LogP contribution in [0.4, 0.5) is 15.8 Å². The number of piperazine rings is 1. The normalized spacial score (nSPS) is 16.0. The standard InChI is InChI=1S/C29H32FN3O2/c1-21(2)35-28-9-4-3-8-27(28)32-16-14-31(15-17-32)20-22-6-5-7-24(18-22)29(34)33-13-12-23-19-25(30)10-11-26(23)33/h3-11,18-19,21H,12-17,20H2,1-2H3. The van der Waals surface area contributed by atoms with Crippen molar-refractivity contribution in [3.05, 3.63) is 89.2 Å². The molecule has 5 nitrogen and oxygen atoms in total. The van der Waals surface area contributed by atoms with Crippen molar-refractivity contribution in [3.63, 3.8) is 0 Å². The van der Waals surface area contributed by atoms with E-state index < -0.39 is 0 Å². The number of hydrogen-bond donors (Lipinski definition) is 0. The van der Waals surface area contributed by atoms with Crippen molar-refractivity contribution < 1.29 is 13.9 Å². The van der Waals surface area contributed by atoms with Gasteiger partial charge < -0.3 is 14.5 Å². The number of anilines is 2. The third-order valence-electron chi connectivity index (χ3n) is 6.70. The van der Waals surface area contributed by atoms with Crippen LogP contribution in [0.15, 0.2) is 66.7 Å². The summed E-state index contributed by atoms with van der Waals surface area (Å²) >= 11 is 0. The summed E-state index contributed by atoms with van der Waals surface area (Å²) in [6.07, 6.45) is 0.830. The summed E-state index contributed by atoms with van der Waals surface area (Å²) in [6, 6.07) is 20.8. The number of carbonyl (C=O) groups is 1. The fourth-order valence-corrected chi connectivity index (χ4v) is 5.02. The van der Waals surface area contributed by atoms with Crippen LogP contribution in [-0.4, -0.2) is 49.6 Å². The summed E-state index contributed by atoms with van der Waals surface area (Å²) in [5.74, 6) is 0.660. The Kier molecular flexibility index (Phi) is 6.73. The van der Waals surface area contributed by atoms with Gasteiger partial charge in [0.05, 0.1) is 11.8 Å². The molecule has 2 aliphatic rings. The number of fused-ring (bicyclic) bond motifs is 1. The van der Waals surface area contributed by atoms with Crippen molar-refractivity contribution in [2.75, 3.05) is 42.5 Å². The summed E-state index contributed by atoms with van der Waals surface area (Å²) in [4.78, 5) is 19.8. The molecule has 0 aliphatic carbocycles. The maximum atomic E-state index is 13.6. The minimum Gasteiger partial charge on any atom is -0.489 e. The summed E-state index contributed by atoms with van der Waals surface area (Å²) in [7, 11) is 0. The van der Waals surface area contributed by atoms with Crippen molar-refractivity contribution in [3.8, 4) is 5.75 Å². The molecule has 1 saturated heterocycles. The molecule has 1 fully saturated rings. The molecule has 1 amide bonds. The first kappa shape index (κ1) is 23.4. The number of ether oxygens (including phenoxy) is 1. The van der Waals surface area contributed by atoms with E-state index in [9.17, 15) is 9.18 Å². The van der Waals surface area contributed by atoms with Crippen LogP contribution < -0.4 is 14.5 Å². The molecule has 182 valence electrons. The lowest BCUT2D eigenvalue weighted by Crippen LogP contribution is -2.46. The maximum absolute atomic E-state index is 13.6. The van der Waals surface area contributed by atoms with E-state index in [1.54, 1.807) is 11.0 Å². The van der Waals surface area contributed by atoms with Crippen molar-refractivity contribution in [1.29, 1.82) is 0 Å². The zero-order chi connectivity index (χ0) is 24.4. The minimum absolute atomic E-state index is 0.0243. The van der Waals surface area contributed by atoms with Crippen LogP contribution in [0.3, 0.4) is 0 Å². The molecule has 0 unspecified atom stereocenters. The van der Waals surface area contributed by atoms with E-state index in [1.807, 2.05) is 30.3 Å². The second kappa shape index (κ2) is 10.1. The summed E-state index contributed by atoms with van der Waals surface area (Å²) in [5, 5.41) is 0. The van der Waals surface area contributed by atoms with E-state index in [0.29, 0.717) is 18.5 Å². The smallest absolute Gasteiger partial charge is 0.258 e. The number of rotatable bonds is 6. The number of hydrogen-bond acceptors (Lipinski definition) is 4. The Morgan fingerprint density at radius 2 is 1.71 bits per heavy atom. The molecule has 2 heterocycles. The highest BCUT2D eigenvalue weighted by Gasteiger charge is 2.26. The molecule has 0 radical (unpaired) electrons. The van der Waals surface area contributed by atoms with Gasteiger partial charge in [0.15, 0.2) is 0 Å². The van der Waals surface area contributed by atoms with E-state index in [2.05, 4.69) is 41.8 Å². The molecule has 0 saturated carbocycles. The molecule has 0 N–H and O–H groups in total. The SMILES string of the molecule is CC(C)Oc1ccccc1N1CCN(Cc2cccc(C(=O)N3CCc4cc(F)ccc43)c2)CC1. The predicted molar refractivity (Wildman–Crippen MR) is 138 cm³/mol. The second-order valence-electron chi connectivity index (χ2n) is 9.58. The van der Waals surface area contributed by atoms with Gasteiger partial charge in [-0.3, -0.25) is 9.69 Å². The van der Waals surface area contributed by atoms with Crippen molar-refractivity contribution >= 4 is 17.3 Å². The van der Waals surface area contributed by atoms with Crippen LogP contribution in [0.5, 0.6) is 5.75 Å². The molecule has 0 spiro atoms. The van der Waals surface area contributed by atoms with Crippen LogP contribution in [0.1, 0.15) is 35.3 Å². The molecule has 3 aromatic carbocycles. The molecule has 0 bridgehead atoms. The van der Waals surface area contributed by atoms with Gasteiger partial charge in [0.1, 0.15) is 11.6 Å². The molecule has 0 atom stereocenters. The van der Waals surface area contributed by atoms with Crippen molar-refractivity contribution in [1.82, 2.24) is 4.90 Å². The van der Waals surface area contributed by atoms with Crippen molar-refractivity contribution in [2.45, 2.75) is 32.9 Å². The average Bonchev–Trinajstić information content (AvgIpc) is 3.27. The quantitative estimate of drug-likeness (QED) is 0.497. The molecular weight excluding hydrogens is 441 g/mol. The Morgan fingerprint density at radius 1 is 0.914 bits per heavy atom. The summed E-state index contributed by atoms with van der Waals surface area (Å²) in [6.45, 7) is 9.24. The first-order chi connectivity index (χ1) is 17.0. The molecule has 0 aromatic heterocycles. The van der Waals surface area contributed by atoms with Gasteiger partial charge in [0.2, 0.25) is 0 Å². The minimum atomic E-state index is -0.254. The molecule has 5 rings (SSSR count). The Hall–Kier alpha value is -3.38. The van der Waals surface area contributed by atoms with Gasteiger partial charge >= 0.3 is 0 Å². The number of carbonyl (C=O) groups excluding carboxylic acids is 1. The van der Waals surface area contributed by atoms with Crippen LogP contribution >= 0.6 is 0 Å². The van der Waals surface area contributed by atoms with E-state index in [4.69, 9.17) is 4.74 Å². The number of amides is 1. The van der Waals surface area contributed by atoms with E-state index in [1.165, 1.54) is 12.1 Å². The van der Waals surface area contributed by atoms with E-state index >= 15 is 0 Å². The first-order valence-corrected chi connectivity index (χ1v) is 12.4. The molecule has 3 aromatic rings. The van der Waals surface area contributed by atoms with Crippen LogP contribution in [-0.2, 0) is 13.0 Å². The van der Waals surface area contributed by atoms with Gasteiger partial charge in [-0.15, -0.1) is 0 Å². The van der Waals surface area contributed by atoms with Gasteiger partial charge in [0, 0.05) is 50.5 Å². The largest absolute Gasteiger partial charge is 0.489 e. The maximum Gasteiger partial charge on any atom is 0.258 e. The molecule has 35 heavy (non-hydrogen) atoms. The Morgan fingerprint density at radius 3 is 2.51 bits per heavy atom. The third-order valence-corrected chi connectivity index (χ3v) is 6.70.